The zero-order chi connectivity index (χ0) is 25.9. The predicted molar refractivity (Wildman–Crippen MR) is 142 cm³/mol. The molecule has 0 N–H and O–H groups in total. The summed E-state index contributed by atoms with van der Waals surface area (Å²) in [7, 11) is 2.05. The molecule has 2 atom stereocenters. The summed E-state index contributed by atoms with van der Waals surface area (Å²) in [5.41, 5.74) is 8.38. The van der Waals surface area contributed by atoms with E-state index in [1.54, 1.807) is 0 Å². The summed E-state index contributed by atoms with van der Waals surface area (Å²) in [4.78, 5) is 0. The fourth-order valence-electron chi connectivity index (χ4n) is 6.25. The highest BCUT2D eigenvalue weighted by atomic mass is 16.5. The van der Waals surface area contributed by atoms with Crippen molar-refractivity contribution in [3.63, 3.8) is 0 Å². The van der Waals surface area contributed by atoms with E-state index in [1.807, 2.05) is 46.1 Å². The standard InChI is InChI=1S/C32H31N2O/c1-19-16-23-21-10-6-8-12-24(21)34-29(23)28(31-30(34)22-11-7-9-13-26(22)35-31)27(19)25-17-20(14-15-33(25)5)18-32(2,3)4/h6-17,30-31H,18H2,1-5H3/q+1/i18D2. The highest BCUT2D eigenvalue weighted by molar-refractivity contribution is 6.12. The van der Waals surface area contributed by atoms with Crippen molar-refractivity contribution < 1.29 is 12.0 Å². The Balaban J connectivity index is 1.57. The summed E-state index contributed by atoms with van der Waals surface area (Å²) in [6.45, 7) is 8.06. The van der Waals surface area contributed by atoms with Crippen molar-refractivity contribution in [1.82, 2.24) is 4.57 Å². The lowest BCUT2D eigenvalue weighted by molar-refractivity contribution is -0.660. The molecule has 35 heavy (non-hydrogen) atoms. The third-order valence-corrected chi connectivity index (χ3v) is 7.50. The number of benzene rings is 3. The lowest BCUT2D eigenvalue weighted by atomic mass is 9.86. The first-order valence-electron chi connectivity index (χ1n) is 13.4. The summed E-state index contributed by atoms with van der Waals surface area (Å²) in [5, 5.41) is 2.52. The lowest BCUT2D eigenvalue weighted by Crippen LogP contribution is -2.31. The fourth-order valence-corrected chi connectivity index (χ4v) is 6.25. The summed E-state index contributed by atoms with van der Waals surface area (Å²) < 4.78 is 29.2. The van der Waals surface area contributed by atoms with Gasteiger partial charge in [0, 0.05) is 42.3 Å². The second-order valence-corrected chi connectivity index (χ2v) is 11.1. The molecular weight excluding hydrogens is 428 g/mol. The Morgan fingerprint density at radius 3 is 2.60 bits per heavy atom. The minimum absolute atomic E-state index is 0.0728. The molecule has 0 fully saturated rings. The average molecular weight is 462 g/mol. The van der Waals surface area contributed by atoms with Gasteiger partial charge in [0.15, 0.2) is 12.3 Å². The second-order valence-electron chi connectivity index (χ2n) is 11.1. The molecule has 0 radical (unpaired) electrons. The average Bonchev–Trinajstić information content (AvgIpc) is 3.48. The number of aryl methyl sites for hydroxylation is 2. The van der Waals surface area contributed by atoms with Crippen LogP contribution < -0.4 is 9.30 Å². The number of ether oxygens (including phenoxy) is 1. The number of aromatic nitrogens is 2. The predicted octanol–water partition coefficient (Wildman–Crippen LogP) is 7.22. The Morgan fingerprint density at radius 1 is 1.00 bits per heavy atom. The molecule has 3 aromatic carbocycles. The van der Waals surface area contributed by atoms with Crippen molar-refractivity contribution in [3.05, 3.63) is 95.2 Å². The third-order valence-electron chi connectivity index (χ3n) is 7.50. The maximum Gasteiger partial charge on any atom is 0.213 e. The zero-order valence-electron chi connectivity index (χ0n) is 22.9. The highest BCUT2D eigenvalue weighted by Gasteiger charge is 2.47. The third kappa shape index (κ3) is 2.87. The SMILES string of the molecule is [2H]C([2H])(c1cc[n+](C)c(-c2c(C)cc3c4ccccc4n4c3c2C2Oc3ccccc3C24)c1)C(C)(C)C. The van der Waals surface area contributed by atoms with Gasteiger partial charge in [-0.15, -0.1) is 0 Å². The van der Waals surface area contributed by atoms with E-state index in [-0.39, 0.29) is 12.1 Å². The molecule has 2 aliphatic rings. The molecule has 2 aromatic heterocycles. The van der Waals surface area contributed by atoms with Crippen LogP contribution in [0.1, 0.15) is 57.9 Å². The molecule has 5 aromatic rings. The molecule has 7 rings (SSSR count). The Hall–Kier alpha value is -3.59. The normalized spacial score (nSPS) is 19.5. The van der Waals surface area contributed by atoms with Gasteiger partial charge >= 0.3 is 0 Å². The number of hydrogen-bond acceptors (Lipinski definition) is 1. The van der Waals surface area contributed by atoms with Crippen molar-refractivity contribution >= 4 is 21.8 Å². The Bertz CT molecular complexity index is 1760. The molecule has 174 valence electrons. The number of para-hydroxylation sites is 2. The van der Waals surface area contributed by atoms with Crippen LogP contribution in [0, 0.1) is 12.3 Å². The Morgan fingerprint density at radius 2 is 1.77 bits per heavy atom. The van der Waals surface area contributed by atoms with Gasteiger partial charge in [0.2, 0.25) is 5.69 Å². The number of rotatable bonds is 2. The van der Waals surface area contributed by atoms with Crippen LogP contribution in [-0.4, -0.2) is 4.57 Å². The van der Waals surface area contributed by atoms with Crippen LogP contribution in [-0.2, 0) is 13.4 Å². The second kappa shape index (κ2) is 6.97. The molecular formula is C32H31N2O+. The number of nitrogens with zero attached hydrogens (tertiary/aromatic N) is 2. The first-order valence-corrected chi connectivity index (χ1v) is 12.4. The van der Waals surface area contributed by atoms with E-state index < -0.39 is 11.8 Å². The van der Waals surface area contributed by atoms with Crippen molar-refractivity contribution in [3.8, 4) is 17.0 Å². The van der Waals surface area contributed by atoms with E-state index in [4.69, 9.17) is 7.48 Å². The lowest BCUT2D eigenvalue weighted by Gasteiger charge is -2.19. The van der Waals surface area contributed by atoms with Crippen LogP contribution in [0.25, 0.3) is 33.1 Å². The molecule has 0 bridgehead atoms. The minimum Gasteiger partial charge on any atom is -0.483 e. The van der Waals surface area contributed by atoms with Crippen molar-refractivity contribution in [2.24, 2.45) is 12.5 Å². The summed E-state index contributed by atoms with van der Waals surface area (Å²) >= 11 is 0. The molecule has 0 spiro atoms. The minimum atomic E-state index is -1.48. The largest absolute Gasteiger partial charge is 0.483 e. The maximum absolute atomic E-state index is 8.95. The fraction of sp³-hybridized carbons (Fsp3) is 0.281. The van der Waals surface area contributed by atoms with Gasteiger partial charge in [-0.25, -0.2) is 4.57 Å². The van der Waals surface area contributed by atoms with Gasteiger partial charge in [-0.1, -0.05) is 57.2 Å². The maximum atomic E-state index is 8.95. The zero-order valence-corrected chi connectivity index (χ0v) is 20.9. The number of pyridine rings is 1. The van der Waals surface area contributed by atoms with Crippen molar-refractivity contribution in [1.29, 1.82) is 0 Å². The van der Waals surface area contributed by atoms with Crippen molar-refractivity contribution in [2.45, 2.75) is 46.2 Å². The smallest absolute Gasteiger partial charge is 0.213 e. The van der Waals surface area contributed by atoms with Gasteiger partial charge < -0.3 is 9.30 Å². The number of hydrogen-bond donors (Lipinski definition) is 0. The molecule has 0 aliphatic carbocycles. The number of fused-ring (bicyclic) bond motifs is 8. The molecule has 0 saturated carbocycles. The quantitative estimate of drug-likeness (QED) is 0.254. The molecule has 0 saturated heterocycles. The summed E-state index contributed by atoms with van der Waals surface area (Å²) in [6.07, 6.45) is 0.389. The molecule has 3 nitrogen and oxygen atoms in total. The van der Waals surface area contributed by atoms with Gasteiger partial charge in [-0.05, 0) is 48.0 Å². The topological polar surface area (TPSA) is 18.0 Å². The van der Waals surface area contributed by atoms with Gasteiger partial charge in [0.1, 0.15) is 18.8 Å². The van der Waals surface area contributed by atoms with Gasteiger partial charge in [-0.2, -0.15) is 0 Å². The first-order chi connectivity index (χ1) is 17.6. The molecule has 2 aliphatic heterocycles. The Labute approximate surface area is 209 Å². The summed E-state index contributed by atoms with van der Waals surface area (Å²) in [6, 6.07) is 23.4. The van der Waals surface area contributed by atoms with Crippen LogP contribution in [0.2, 0.25) is 0 Å². The van der Waals surface area contributed by atoms with Crippen LogP contribution in [0.15, 0.2) is 72.9 Å². The van der Waals surface area contributed by atoms with E-state index in [9.17, 15) is 0 Å². The van der Waals surface area contributed by atoms with E-state index in [2.05, 4.69) is 70.7 Å². The van der Waals surface area contributed by atoms with Crippen LogP contribution in [0.4, 0.5) is 0 Å². The highest BCUT2D eigenvalue weighted by Crippen LogP contribution is 2.58. The van der Waals surface area contributed by atoms with E-state index >= 15 is 0 Å². The molecule has 4 heterocycles. The van der Waals surface area contributed by atoms with E-state index in [0.29, 0.717) is 5.56 Å². The van der Waals surface area contributed by atoms with Gasteiger partial charge in [0.05, 0.1) is 11.1 Å². The first kappa shape index (κ1) is 18.7. The van der Waals surface area contributed by atoms with Crippen molar-refractivity contribution in [2.75, 3.05) is 0 Å². The van der Waals surface area contributed by atoms with Gasteiger partial charge in [0.25, 0.3) is 0 Å². The Kier molecular flexibility index (Phi) is 3.73. The van der Waals surface area contributed by atoms with E-state index in [1.165, 1.54) is 38.5 Å². The van der Waals surface area contributed by atoms with Crippen LogP contribution in [0.5, 0.6) is 5.75 Å². The van der Waals surface area contributed by atoms with Crippen LogP contribution in [0.3, 0.4) is 0 Å². The molecule has 0 amide bonds. The summed E-state index contributed by atoms with van der Waals surface area (Å²) in [5.74, 6) is 0.948. The van der Waals surface area contributed by atoms with E-state index in [0.717, 1.165) is 17.0 Å². The van der Waals surface area contributed by atoms with Gasteiger partial charge in [-0.3, -0.25) is 0 Å². The van der Waals surface area contributed by atoms with Crippen LogP contribution >= 0.6 is 0 Å². The molecule has 3 heteroatoms. The monoisotopic (exact) mass is 461 g/mol. The molecule has 2 unspecified atom stereocenters.